The summed E-state index contributed by atoms with van der Waals surface area (Å²) in [6.45, 7) is 12.2. The summed E-state index contributed by atoms with van der Waals surface area (Å²) >= 11 is 0. The normalized spacial score (nSPS) is 25.5. The molecule has 0 spiro atoms. The molecule has 3 saturated heterocycles. The van der Waals surface area contributed by atoms with Crippen molar-refractivity contribution in [3.63, 3.8) is 0 Å². The minimum atomic E-state index is -0.895. The summed E-state index contributed by atoms with van der Waals surface area (Å²) in [5, 5.41) is 12.3. The minimum absolute atomic E-state index is 0.296. The van der Waals surface area contributed by atoms with Crippen molar-refractivity contribution >= 4 is 0 Å². The first-order valence-corrected chi connectivity index (χ1v) is 10.1. The summed E-state index contributed by atoms with van der Waals surface area (Å²) in [6.07, 6.45) is 2.50. The van der Waals surface area contributed by atoms with E-state index in [0.717, 1.165) is 17.7 Å². The molecule has 1 atom stereocenters. The van der Waals surface area contributed by atoms with Crippen LogP contribution in [0, 0.1) is 39.5 Å². The van der Waals surface area contributed by atoms with Crippen molar-refractivity contribution in [1.82, 2.24) is 0 Å². The molecule has 3 aliphatic heterocycles. The molecule has 5 rings (SSSR count). The lowest BCUT2D eigenvalue weighted by molar-refractivity contribution is -0.922. The number of hydrogen-bond acceptors (Lipinski definition) is 1. The Morgan fingerprint density at radius 1 is 0.808 bits per heavy atom. The van der Waals surface area contributed by atoms with Gasteiger partial charge in [-0.15, -0.1) is 0 Å². The van der Waals surface area contributed by atoms with E-state index in [1.165, 1.54) is 48.2 Å². The zero-order valence-electron chi connectivity index (χ0n) is 16.6. The van der Waals surface area contributed by atoms with Gasteiger partial charge in [-0.05, 0) is 67.0 Å². The summed E-state index contributed by atoms with van der Waals surface area (Å²) in [4.78, 5) is 1.67. The molecule has 3 heterocycles. The number of aliphatic hydroxyl groups is 1. The molecule has 0 amide bonds. The third-order valence-corrected chi connectivity index (χ3v) is 7.25. The first kappa shape index (κ1) is 17.8. The van der Waals surface area contributed by atoms with Gasteiger partial charge >= 0.3 is 0 Å². The third-order valence-electron chi connectivity index (χ3n) is 7.25. The number of quaternary nitrogens is 1. The largest absolute Gasteiger partial charge is 0.380 e. The Labute approximate surface area is 157 Å². The van der Waals surface area contributed by atoms with E-state index < -0.39 is 5.60 Å². The number of aryl methyl sites for hydroxylation is 4. The molecule has 2 aromatic rings. The predicted octanol–water partition coefficient (Wildman–Crippen LogP) is 3.08. The molecule has 2 N–H and O–H groups in total. The first-order chi connectivity index (χ1) is 12.4. The average molecular weight is 351 g/mol. The molecule has 1 unspecified atom stereocenters. The maximum atomic E-state index is 12.3. The van der Waals surface area contributed by atoms with Crippen molar-refractivity contribution in [2.45, 2.75) is 46.1 Å². The van der Waals surface area contributed by atoms with Crippen molar-refractivity contribution in [2.24, 2.45) is 11.8 Å². The molecular formula is C24H32NO+. The highest BCUT2D eigenvalue weighted by Crippen LogP contribution is 2.44. The van der Waals surface area contributed by atoms with E-state index >= 15 is 0 Å². The van der Waals surface area contributed by atoms with Crippen LogP contribution in [-0.2, 0) is 5.60 Å². The first-order valence-electron chi connectivity index (χ1n) is 10.1. The Kier molecular flexibility index (Phi) is 4.45. The summed E-state index contributed by atoms with van der Waals surface area (Å²) in [7, 11) is 0. The van der Waals surface area contributed by atoms with Gasteiger partial charge in [0.2, 0.25) is 0 Å². The molecule has 0 radical (unpaired) electrons. The van der Waals surface area contributed by atoms with E-state index in [2.05, 4.69) is 64.1 Å². The molecule has 3 fully saturated rings. The van der Waals surface area contributed by atoms with Gasteiger partial charge in [-0.2, -0.15) is 0 Å². The number of rotatable bonds is 3. The van der Waals surface area contributed by atoms with Crippen molar-refractivity contribution in [2.75, 3.05) is 19.6 Å². The zero-order chi connectivity index (χ0) is 18.5. The minimum Gasteiger partial charge on any atom is -0.380 e. The summed E-state index contributed by atoms with van der Waals surface area (Å²) < 4.78 is 0. The number of benzene rings is 2. The number of fused-ring (bicyclic) bond motifs is 3. The standard InChI is InChI=1S/C24H31NO/c1-16-5-7-21(13-18(16)3)24(26,22-8-6-17(2)19(4)14-22)23-15-25-11-9-20(23)10-12-25/h5-8,13-14,20,23,26H,9-12,15H2,1-4H3/p+1. The maximum absolute atomic E-state index is 12.3. The van der Waals surface area contributed by atoms with Gasteiger partial charge in [0.05, 0.1) is 19.6 Å². The van der Waals surface area contributed by atoms with Crippen LogP contribution in [0.5, 0.6) is 0 Å². The van der Waals surface area contributed by atoms with Crippen LogP contribution in [0.2, 0.25) is 0 Å². The molecule has 0 aliphatic carbocycles. The predicted molar refractivity (Wildman–Crippen MR) is 107 cm³/mol. The summed E-state index contributed by atoms with van der Waals surface area (Å²) in [5.41, 5.74) is 6.35. The van der Waals surface area contributed by atoms with E-state index in [0.29, 0.717) is 11.8 Å². The Morgan fingerprint density at radius 3 is 1.69 bits per heavy atom. The lowest BCUT2D eigenvalue weighted by atomic mass is 9.65. The highest BCUT2D eigenvalue weighted by molar-refractivity contribution is 5.44. The van der Waals surface area contributed by atoms with Crippen LogP contribution in [0.3, 0.4) is 0 Å². The summed E-state index contributed by atoms with van der Waals surface area (Å²) in [5.74, 6) is 0.921. The molecule has 0 aromatic heterocycles. The van der Waals surface area contributed by atoms with Crippen LogP contribution in [-0.4, -0.2) is 24.7 Å². The summed E-state index contributed by atoms with van der Waals surface area (Å²) in [6, 6.07) is 13.1. The highest BCUT2D eigenvalue weighted by Gasteiger charge is 2.50. The van der Waals surface area contributed by atoms with Crippen molar-refractivity contribution in [1.29, 1.82) is 0 Å². The molecule has 2 aromatic carbocycles. The van der Waals surface area contributed by atoms with Crippen LogP contribution in [0.15, 0.2) is 36.4 Å². The van der Waals surface area contributed by atoms with Crippen molar-refractivity contribution in [3.8, 4) is 0 Å². The fourth-order valence-electron chi connectivity index (χ4n) is 5.17. The Morgan fingerprint density at radius 2 is 1.31 bits per heavy atom. The van der Waals surface area contributed by atoms with E-state index in [9.17, 15) is 5.11 Å². The highest BCUT2D eigenvalue weighted by atomic mass is 16.3. The second-order valence-corrected chi connectivity index (χ2v) is 8.76. The second-order valence-electron chi connectivity index (χ2n) is 8.76. The van der Waals surface area contributed by atoms with E-state index in [4.69, 9.17) is 0 Å². The van der Waals surface area contributed by atoms with Crippen LogP contribution in [0.1, 0.15) is 46.2 Å². The Bertz CT molecular complexity index is 765. The molecule has 3 aliphatic rings. The Balaban J connectivity index is 1.88. The fraction of sp³-hybridized carbons (Fsp3) is 0.500. The quantitative estimate of drug-likeness (QED) is 0.874. The molecule has 2 nitrogen and oxygen atoms in total. The second kappa shape index (κ2) is 6.51. The SMILES string of the molecule is Cc1ccc(C(O)(c2ccc(C)c(C)c2)C2C[NH+]3CCC2CC3)cc1C. The molecule has 138 valence electrons. The molecular weight excluding hydrogens is 318 g/mol. The number of hydrogen-bond donors (Lipinski definition) is 2. The van der Waals surface area contributed by atoms with Gasteiger partial charge in [-0.1, -0.05) is 36.4 Å². The van der Waals surface area contributed by atoms with Gasteiger partial charge in [-0.3, -0.25) is 0 Å². The lowest BCUT2D eigenvalue weighted by Crippen LogP contribution is -3.16. The van der Waals surface area contributed by atoms with Crippen LogP contribution >= 0.6 is 0 Å². The topological polar surface area (TPSA) is 24.7 Å². The Hall–Kier alpha value is -1.64. The molecule has 2 bridgehead atoms. The van der Waals surface area contributed by atoms with Gasteiger partial charge in [0.15, 0.2) is 0 Å². The zero-order valence-corrected chi connectivity index (χ0v) is 16.6. The number of nitrogens with one attached hydrogen (secondary N) is 1. The van der Waals surface area contributed by atoms with E-state index in [-0.39, 0.29) is 0 Å². The average Bonchev–Trinajstić information content (AvgIpc) is 2.66. The van der Waals surface area contributed by atoms with Gasteiger partial charge in [0, 0.05) is 18.8 Å². The van der Waals surface area contributed by atoms with Crippen molar-refractivity contribution < 1.29 is 10.0 Å². The van der Waals surface area contributed by atoms with Gasteiger partial charge in [0.1, 0.15) is 5.60 Å². The lowest BCUT2D eigenvalue weighted by Gasteiger charge is -2.49. The monoisotopic (exact) mass is 350 g/mol. The molecule has 0 saturated carbocycles. The van der Waals surface area contributed by atoms with Gasteiger partial charge in [0.25, 0.3) is 0 Å². The fourth-order valence-corrected chi connectivity index (χ4v) is 5.17. The number of piperidine rings is 3. The smallest absolute Gasteiger partial charge is 0.123 e. The van der Waals surface area contributed by atoms with E-state index in [1.807, 2.05) is 0 Å². The molecule has 2 heteroatoms. The maximum Gasteiger partial charge on any atom is 0.123 e. The van der Waals surface area contributed by atoms with Crippen molar-refractivity contribution in [3.05, 3.63) is 69.8 Å². The van der Waals surface area contributed by atoms with Crippen LogP contribution in [0.25, 0.3) is 0 Å². The van der Waals surface area contributed by atoms with E-state index in [1.54, 1.807) is 4.90 Å². The van der Waals surface area contributed by atoms with Crippen LogP contribution < -0.4 is 4.90 Å². The van der Waals surface area contributed by atoms with Gasteiger partial charge < -0.3 is 10.0 Å². The van der Waals surface area contributed by atoms with Gasteiger partial charge in [-0.25, -0.2) is 0 Å². The van der Waals surface area contributed by atoms with Crippen LogP contribution in [0.4, 0.5) is 0 Å². The third kappa shape index (κ3) is 2.80. The molecule has 26 heavy (non-hydrogen) atoms.